The van der Waals surface area contributed by atoms with Crippen molar-refractivity contribution in [1.29, 1.82) is 0 Å². The molecule has 1 aliphatic heterocycles. The molecular formula is C16H17ClN2O6. The second kappa shape index (κ2) is 8.00. The van der Waals surface area contributed by atoms with E-state index in [1.807, 2.05) is 0 Å². The van der Waals surface area contributed by atoms with Crippen LogP contribution < -0.4 is 5.32 Å². The SMILES string of the molecule is COC(=O)C1=C(Nc2cc(C(=O)OC)ccc2Cl)C(=O)N(CCO)C1. The molecular weight excluding hydrogens is 352 g/mol. The lowest BCUT2D eigenvalue weighted by Gasteiger charge is -2.15. The van der Waals surface area contributed by atoms with Crippen LogP contribution in [-0.4, -0.2) is 61.8 Å². The van der Waals surface area contributed by atoms with Gasteiger partial charge in [0.05, 0.1) is 49.2 Å². The molecule has 2 N–H and O–H groups in total. The Labute approximate surface area is 149 Å². The molecule has 2 rings (SSSR count). The minimum atomic E-state index is -0.670. The van der Waals surface area contributed by atoms with Crippen LogP contribution in [0.2, 0.25) is 5.02 Å². The molecule has 0 saturated heterocycles. The van der Waals surface area contributed by atoms with Crippen LogP contribution in [0.25, 0.3) is 0 Å². The lowest BCUT2D eigenvalue weighted by atomic mass is 10.1. The number of ether oxygens (including phenoxy) is 2. The van der Waals surface area contributed by atoms with E-state index < -0.39 is 17.8 Å². The van der Waals surface area contributed by atoms with Gasteiger partial charge >= 0.3 is 11.9 Å². The van der Waals surface area contributed by atoms with Gasteiger partial charge in [-0.3, -0.25) is 4.79 Å². The molecule has 0 fully saturated rings. The first-order valence-corrected chi connectivity index (χ1v) is 7.67. The Bertz CT molecular complexity index is 746. The van der Waals surface area contributed by atoms with Gasteiger partial charge in [-0.1, -0.05) is 11.6 Å². The summed E-state index contributed by atoms with van der Waals surface area (Å²) in [5, 5.41) is 12.1. The number of amides is 1. The molecule has 0 atom stereocenters. The van der Waals surface area contributed by atoms with E-state index in [0.717, 1.165) is 0 Å². The lowest BCUT2D eigenvalue weighted by molar-refractivity contribution is -0.136. The van der Waals surface area contributed by atoms with E-state index in [-0.39, 0.29) is 47.2 Å². The number of nitrogens with one attached hydrogen (secondary N) is 1. The number of hydrogen-bond acceptors (Lipinski definition) is 7. The predicted octanol–water partition coefficient (Wildman–Crippen LogP) is 0.800. The summed E-state index contributed by atoms with van der Waals surface area (Å²) in [5.74, 6) is -1.72. The third-order valence-electron chi connectivity index (χ3n) is 3.60. The van der Waals surface area contributed by atoms with Crippen LogP contribution in [0.5, 0.6) is 0 Å². The third-order valence-corrected chi connectivity index (χ3v) is 3.93. The standard InChI is InChI=1S/C16H17ClN2O6/c1-24-15(22)9-3-4-11(17)12(7-9)18-13-10(16(23)25-2)8-19(5-6-20)14(13)21/h3-4,7,18,20H,5-6,8H2,1-2H3. The molecule has 0 saturated carbocycles. The highest BCUT2D eigenvalue weighted by Crippen LogP contribution is 2.28. The van der Waals surface area contributed by atoms with E-state index in [1.54, 1.807) is 0 Å². The number of nitrogens with zero attached hydrogens (tertiary/aromatic N) is 1. The highest BCUT2D eigenvalue weighted by Gasteiger charge is 2.34. The Hall–Kier alpha value is -2.58. The van der Waals surface area contributed by atoms with E-state index in [9.17, 15) is 14.4 Å². The zero-order chi connectivity index (χ0) is 18.6. The van der Waals surface area contributed by atoms with E-state index in [1.165, 1.54) is 37.3 Å². The quantitative estimate of drug-likeness (QED) is 0.715. The fourth-order valence-corrected chi connectivity index (χ4v) is 2.51. The fraction of sp³-hybridized carbons (Fsp3) is 0.312. The minimum absolute atomic E-state index is 0.00269. The summed E-state index contributed by atoms with van der Waals surface area (Å²) >= 11 is 6.11. The third kappa shape index (κ3) is 3.92. The van der Waals surface area contributed by atoms with Crippen LogP contribution >= 0.6 is 11.6 Å². The highest BCUT2D eigenvalue weighted by atomic mass is 35.5. The topological polar surface area (TPSA) is 105 Å². The van der Waals surface area contributed by atoms with Crippen LogP contribution in [0.15, 0.2) is 29.5 Å². The maximum absolute atomic E-state index is 12.5. The van der Waals surface area contributed by atoms with Gasteiger partial charge in [0.2, 0.25) is 0 Å². The minimum Gasteiger partial charge on any atom is -0.466 e. The molecule has 0 bridgehead atoms. The average molecular weight is 369 g/mol. The smallest absolute Gasteiger partial charge is 0.337 e. The van der Waals surface area contributed by atoms with Gasteiger partial charge in [-0.2, -0.15) is 0 Å². The van der Waals surface area contributed by atoms with Crippen molar-refractivity contribution in [3.63, 3.8) is 0 Å². The molecule has 0 aliphatic carbocycles. The molecule has 134 valence electrons. The maximum Gasteiger partial charge on any atom is 0.337 e. The van der Waals surface area contributed by atoms with Crippen molar-refractivity contribution < 1.29 is 29.0 Å². The number of halogens is 1. The summed E-state index contributed by atoms with van der Waals surface area (Å²) < 4.78 is 9.35. The van der Waals surface area contributed by atoms with Gasteiger partial charge in [-0.15, -0.1) is 0 Å². The van der Waals surface area contributed by atoms with Gasteiger partial charge in [-0.05, 0) is 18.2 Å². The first-order valence-electron chi connectivity index (χ1n) is 7.29. The monoisotopic (exact) mass is 368 g/mol. The largest absolute Gasteiger partial charge is 0.466 e. The molecule has 1 aromatic rings. The number of methoxy groups -OCH3 is 2. The van der Waals surface area contributed by atoms with Crippen LogP contribution in [-0.2, 0) is 19.1 Å². The number of aliphatic hydroxyl groups excluding tert-OH is 1. The van der Waals surface area contributed by atoms with Crippen molar-refractivity contribution in [2.75, 3.05) is 39.2 Å². The number of esters is 2. The van der Waals surface area contributed by atoms with Crippen LogP contribution in [0.4, 0.5) is 5.69 Å². The molecule has 9 heteroatoms. The number of β-amino-alcohol motifs (C(OH)–C–C–N with tert-alkyl or cyclic N) is 1. The van der Waals surface area contributed by atoms with E-state index in [0.29, 0.717) is 0 Å². The van der Waals surface area contributed by atoms with Crippen molar-refractivity contribution in [3.05, 3.63) is 40.1 Å². The molecule has 1 aliphatic rings. The zero-order valence-corrected chi connectivity index (χ0v) is 14.4. The first-order chi connectivity index (χ1) is 11.9. The fourth-order valence-electron chi connectivity index (χ4n) is 2.35. The molecule has 0 unspecified atom stereocenters. The Morgan fingerprint density at radius 2 is 1.96 bits per heavy atom. The van der Waals surface area contributed by atoms with Crippen LogP contribution in [0.3, 0.4) is 0 Å². The Morgan fingerprint density at radius 3 is 2.56 bits per heavy atom. The lowest BCUT2D eigenvalue weighted by Crippen LogP contribution is -2.31. The van der Waals surface area contributed by atoms with E-state index in [4.69, 9.17) is 21.4 Å². The van der Waals surface area contributed by atoms with Crippen molar-refractivity contribution in [2.24, 2.45) is 0 Å². The van der Waals surface area contributed by atoms with Gasteiger partial charge in [0.25, 0.3) is 5.91 Å². The summed E-state index contributed by atoms with van der Waals surface area (Å²) in [6.07, 6.45) is 0. The highest BCUT2D eigenvalue weighted by molar-refractivity contribution is 6.33. The van der Waals surface area contributed by atoms with Crippen molar-refractivity contribution >= 4 is 35.1 Å². The predicted molar refractivity (Wildman–Crippen MR) is 89.1 cm³/mol. The molecule has 0 spiro atoms. The number of carbonyl (C=O) groups excluding carboxylic acids is 3. The zero-order valence-electron chi connectivity index (χ0n) is 13.7. The molecule has 25 heavy (non-hydrogen) atoms. The van der Waals surface area contributed by atoms with Crippen LogP contribution in [0, 0.1) is 0 Å². The van der Waals surface area contributed by atoms with E-state index >= 15 is 0 Å². The molecule has 1 aromatic carbocycles. The summed E-state index contributed by atoms with van der Waals surface area (Å²) in [4.78, 5) is 37.4. The van der Waals surface area contributed by atoms with Crippen molar-refractivity contribution in [2.45, 2.75) is 0 Å². The Balaban J connectivity index is 2.39. The van der Waals surface area contributed by atoms with Crippen molar-refractivity contribution in [1.82, 2.24) is 4.90 Å². The summed E-state index contributed by atoms with van der Waals surface area (Å²) in [7, 11) is 2.45. The van der Waals surface area contributed by atoms with Gasteiger partial charge in [0, 0.05) is 6.54 Å². The summed E-state index contributed by atoms with van der Waals surface area (Å²) in [6.45, 7) is -0.171. The first kappa shape index (κ1) is 18.8. The average Bonchev–Trinajstić information content (AvgIpc) is 2.92. The van der Waals surface area contributed by atoms with Gasteiger partial charge in [0.1, 0.15) is 5.70 Å². The summed E-state index contributed by atoms with van der Waals surface area (Å²) in [5.41, 5.74) is 0.595. The normalized spacial score (nSPS) is 13.9. The number of anilines is 1. The van der Waals surface area contributed by atoms with Crippen molar-refractivity contribution in [3.8, 4) is 0 Å². The van der Waals surface area contributed by atoms with E-state index in [2.05, 4.69) is 10.1 Å². The number of aliphatic hydroxyl groups is 1. The van der Waals surface area contributed by atoms with Gasteiger partial charge in [0.15, 0.2) is 0 Å². The van der Waals surface area contributed by atoms with Crippen LogP contribution in [0.1, 0.15) is 10.4 Å². The maximum atomic E-state index is 12.5. The second-order valence-corrected chi connectivity index (χ2v) is 5.51. The number of hydrogen-bond donors (Lipinski definition) is 2. The molecule has 8 nitrogen and oxygen atoms in total. The van der Waals surface area contributed by atoms with Gasteiger partial charge in [-0.25, -0.2) is 9.59 Å². The molecule has 0 aromatic heterocycles. The number of carbonyl (C=O) groups is 3. The Kier molecular flexibility index (Phi) is 6.00. The van der Waals surface area contributed by atoms with Gasteiger partial charge < -0.3 is 24.8 Å². The molecule has 0 radical (unpaired) electrons. The summed E-state index contributed by atoms with van der Waals surface area (Å²) in [6, 6.07) is 4.36. The molecule has 1 amide bonds. The number of benzene rings is 1. The second-order valence-electron chi connectivity index (χ2n) is 5.11. The number of rotatable bonds is 6. The Morgan fingerprint density at radius 1 is 1.28 bits per heavy atom. The molecule has 1 heterocycles.